The van der Waals surface area contributed by atoms with Gasteiger partial charge < -0.3 is 5.32 Å². The van der Waals surface area contributed by atoms with Crippen LogP contribution in [0.5, 0.6) is 0 Å². The molecule has 3 atom stereocenters. The van der Waals surface area contributed by atoms with Crippen molar-refractivity contribution in [3.63, 3.8) is 0 Å². The lowest BCUT2D eigenvalue weighted by molar-refractivity contribution is 0.0494. The molecular weight excluding hydrogens is 312 g/mol. The van der Waals surface area contributed by atoms with Gasteiger partial charge in [-0.3, -0.25) is 4.90 Å². The van der Waals surface area contributed by atoms with Gasteiger partial charge in [0.2, 0.25) is 0 Å². The molecule has 0 aromatic heterocycles. The van der Waals surface area contributed by atoms with Crippen LogP contribution < -0.4 is 5.32 Å². The largest absolute Gasteiger partial charge is 0.309 e. The molecule has 2 rings (SSSR count). The lowest BCUT2D eigenvalue weighted by atomic mass is 9.90. The van der Waals surface area contributed by atoms with Crippen molar-refractivity contribution < 1.29 is 0 Å². The maximum Gasteiger partial charge on any atom is 0.0324 e. The molecule has 20 heavy (non-hydrogen) atoms. The first-order valence-electron chi connectivity index (χ1n) is 7.75. The van der Waals surface area contributed by atoms with Crippen molar-refractivity contribution >= 4 is 15.9 Å². The molecule has 0 spiro atoms. The highest BCUT2D eigenvalue weighted by atomic mass is 79.9. The highest BCUT2D eigenvalue weighted by molar-refractivity contribution is 9.10. The Morgan fingerprint density at radius 1 is 1.35 bits per heavy atom. The molecule has 1 saturated heterocycles. The second kappa shape index (κ2) is 6.59. The van der Waals surface area contributed by atoms with Gasteiger partial charge in [-0.2, -0.15) is 0 Å². The third kappa shape index (κ3) is 3.44. The summed E-state index contributed by atoms with van der Waals surface area (Å²) >= 11 is 3.52. The van der Waals surface area contributed by atoms with Gasteiger partial charge in [-0.15, -0.1) is 0 Å². The minimum Gasteiger partial charge on any atom is -0.309 e. The van der Waals surface area contributed by atoms with Crippen LogP contribution in [0.3, 0.4) is 0 Å². The summed E-state index contributed by atoms with van der Waals surface area (Å²) in [5.74, 6) is 0. The van der Waals surface area contributed by atoms with Crippen molar-refractivity contribution in [2.24, 2.45) is 0 Å². The Morgan fingerprint density at radius 3 is 2.55 bits per heavy atom. The number of nitrogens with zero attached hydrogens (tertiary/aromatic N) is 1. The molecule has 2 nitrogen and oxygen atoms in total. The van der Waals surface area contributed by atoms with Crippen molar-refractivity contribution in [3.8, 4) is 0 Å². The Morgan fingerprint density at radius 2 is 2.00 bits per heavy atom. The van der Waals surface area contributed by atoms with E-state index in [1.807, 2.05) is 0 Å². The molecule has 1 aromatic rings. The molecule has 1 N–H and O–H groups in total. The molecule has 1 aromatic carbocycles. The molecule has 1 aliphatic rings. The first kappa shape index (κ1) is 16.0. The molecular formula is C17H27BrN2. The van der Waals surface area contributed by atoms with Crippen molar-refractivity contribution in [2.75, 3.05) is 13.1 Å². The number of rotatable bonds is 4. The van der Waals surface area contributed by atoms with Crippen LogP contribution in [-0.2, 0) is 0 Å². The van der Waals surface area contributed by atoms with E-state index in [9.17, 15) is 0 Å². The van der Waals surface area contributed by atoms with E-state index in [1.165, 1.54) is 18.4 Å². The summed E-state index contributed by atoms with van der Waals surface area (Å²) in [6.07, 6.45) is 2.38. The van der Waals surface area contributed by atoms with Gasteiger partial charge in [-0.25, -0.2) is 0 Å². The van der Waals surface area contributed by atoms with Crippen LogP contribution >= 0.6 is 15.9 Å². The van der Waals surface area contributed by atoms with Crippen LogP contribution in [0.15, 0.2) is 28.7 Å². The summed E-state index contributed by atoms with van der Waals surface area (Å²) < 4.78 is 1.15. The maximum absolute atomic E-state index is 3.74. The normalized spacial score (nSPS) is 29.4. The second-order valence-corrected chi connectivity index (χ2v) is 7.17. The van der Waals surface area contributed by atoms with Gasteiger partial charge in [0.25, 0.3) is 0 Å². The van der Waals surface area contributed by atoms with Crippen molar-refractivity contribution in [1.29, 1.82) is 0 Å². The smallest absolute Gasteiger partial charge is 0.0324 e. The molecule has 1 fully saturated rings. The van der Waals surface area contributed by atoms with Gasteiger partial charge in [0.05, 0.1) is 0 Å². The number of benzene rings is 1. The zero-order valence-corrected chi connectivity index (χ0v) is 14.7. The monoisotopic (exact) mass is 338 g/mol. The third-order valence-corrected chi connectivity index (χ3v) is 5.40. The Labute approximate surface area is 132 Å². The van der Waals surface area contributed by atoms with E-state index in [2.05, 4.69) is 78.1 Å². The van der Waals surface area contributed by atoms with E-state index in [4.69, 9.17) is 0 Å². The van der Waals surface area contributed by atoms with Gasteiger partial charge in [0.15, 0.2) is 0 Å². The fourth-order valence-corrected chi connectivity index (χ4v) is 3.34. The number of hydrogen-bond acceptors (Lipinski definition) is 2. The molecule has 3 heteroatoms. The number of nitrogens with one attached hydrogen (secondary N) is 1. The van der Waals surface area contributed by atoms with E-state index in [-0.39, 0.29) is 5.54 Å². The van der Waals surface area contributed by atoms with Crippen LogP contribution in [-0.4, -0.2) is 29.6 Å². The van der Waals surface area contributed by atoms with Gasteiger partial charge in [0, 0.05) is 35.2 Å². The Bertz CT molecular complexity index is 431. The van der Waals surface area contributed by atoms with E-state index in [0.717, 1.165) is 17.6 Å². The Hall–Kier alpha value is -0.380. The predicted molar refractivity (Wildman–Crippen MR) is 90.0 cm³/mol. The van der Waals surface area contributed by atoms with Gasteiger partial charge in [-0.1, -0.05) is 41.9 Å². The van der Waals surface area contributed by atoms with Crippen molar-refractivity contribution in [1.82, 2.24) is 10.2 Å². The number of hydrogen-bond donors (Lipinski definition) is 1. The highest BCUT2D eigenvalue weighted by Crippen LogP contribution is 2.30. The van der Waals surface area contributed by atoms with E-state index < -0.39 is 0 Å². The minimum atomic E-state index is 0.245. The molecule has 0 radical (unpaired) electrons. The number of halogens is 1. The molecule has 112 valence electrons. The fraction of sp³-hybridized carbons (Fsp3) is 0.647. The van der Waals surface area contributed by atoms with E-state index in [1.54, 1.807) is 0 Å². The first-order chi connectivity index (χ1) is 9.49. The zero-order chi connectivity index (χ0) is 14.8. The van der Waals surface area contributed by atoms with E-state index >= 15 is 0 Å². The zero-order valence-electron chi connectivity index (χ0n) is 13.1. The Kier molecular flexibility index (Phi) is 5.27. The van der Waals surface area contributed by atoms with E-state index in [0.29, 0.717) is 12.1 Å². The van der Waals surface area contributed by atoms with Gasteiger partial charge in [0.1, 0.15) is 0 Å². The quantitative estimate of drug-likeness (QED) is 0.877. The third-order valence-electron chi connectivity index (χ3n) is 4.87. The van der Waals surface area contributed by atoms with Crippen molar-refractivity contribution in [2.45, 2.75) is 58.2 Å². The molecule has 0 aliphatic carbocycles. The minimum absolute atomic E-state index is 0.245. The molecule has 3 unspecified atom stereocenters. The molecule has 1 aliphatic heterocycles. The van der Waals surface area contributed by atoms with Crippen LogP contribution in [0, 0.1) is 0 Å². The summed E-state index contributed by atoms with van der Waals surface area (Å²) in [7, 11) is 0. The summed E-state index contributed by atoms with van der Waals surface area (Å²) in [4.78, 5) is 2.68. The number of piperazine rings is 1. The topological polar surface area (TPSA) is 15.3 Å². The van der Waals surface area contributed by atoms with Crippen LogP contribution in [0.25, 0.3) is 0 Å². The standard InChI is InChI=1S/C17H27BrN2/c1-5-16-11-19-17(4,6-2)12-20(16)13(3)14-7-9-15(18)10-8-14/h7-10,13,16,19H,5-6,11-12H2,1-4H3. The molecule has 0 bridgehead atoms. The molecule has 0 amide bonds. The van der Waals surface area contributed by atoms with Crippen LogP contribution in [0.2, 0.25) is 0 Å². The first-order valence-corrected chi connectivity index (χ1v) is 8.54. The molecule has 0 saturated carbocycles. The second-order valence-electron chi connectivity index (χ2n) is 6.26. The summed E-state index contributed by atoms with van der Waals surface area (Å²) in [5.41, 5.74) is 1.65. The fourth-order valence-electron chi connectivity index (χ4n) is 3.07. The molecule has 1 heterocycles. The highest BCUT2D eigenvalue weighted by Gasteiger charge is 2.36. The average Bonchev–Trinajstić information content (AvgIpc) is 2.47. The summed E-state index contributed by atoms with van der Waals surface area (Å²) in [6, 6.07) is 9.89. The average molecular weight is 339 g/mol. The van der Waals surface area contributed by atoms with Gasteiger partial charge in [-0.05, 0) is 44.4 Å². The predicted octanol–water partition coefficient (Wildman–Crippen LogP) is 4.36. The van der Waals surface area contributed by atoms with Crippen LogP contribution in [0.1, 0.15) is 52.1 Å². The maximum atomic E-state index is 3.74. The SMILES string of the molecule is CCC1CNC(C)(CC)CN1C(C)c1ccc(Br)cc1. The summed E-state index contributed by atoms with van der Waals surface area (Å²) in [6.45, 7) is 11.5. The van der Waals surface area contributed by atoms with Crippen molar-refractivity contribution in [3.05, 3.63) is 34.3 Å². The van der Waals surface area contributed by atoms with Crippen LogP contribution in [0.4, 0.5) is 0 Å². The Balaban J connectivity index is 2.19. The summed E-state index contributed by atoms with van der Waals surface area (Å²) in [5, 5.41) is 3.74. The lowest BCUT2D eigenvalue weighted by Crippen LogP contribution is -2.62. The van der Waals surface area contributed by atoms with Gasteiger partial charge >= 0.3 is 0 Å². The lowest BCUT2D eigenvalue weighted by Gasteiger charge is -2.48.